The number of nitrogens with two attached hydrogens (primary N) is 1. The lowest BCUT2D eigenvalue weighted by molar-refractivity contribution is -0.137. The summed E-state index contributed by atoms with van der Waals surface area (Å²) in [4.78, 5) is 23.1. The standard InChI is InChI=1S/C21H17F3N6O2/c1-9-17-18(29-28-9)12-6-13(26-7-14(12)27-19(17)25)20(31)30(2)15-8-32-16-5-10(21(22,23)24)3-4-11(15)16/h3-7,15H,8H2,1-2H3,(H2,25,27)(H,28,29)/t15-/m1/s1. The van der Waals surface area contributed by atoms with E-state index in [4.69, 9.17) is 10.5 Å². The van der Waals surface area contributed by atoms with E-state index in [1.54, 1.807) is 20.0 Å². The molecular weight excluding hydrogens is 425 g/mol. The molecule has 0 bridgehead atoms. The van der Waals surface area contributed by atoms with Gasteiger partial charge in [-0.25, -0.2) is 9.97 Å². The number of halogens is 3. The van der Waals surface area contributed by atoms with Gasteiger partial charge in [-0.1, -0.05) is 6.07 Å². The number of aromatic amines is 1. The fourth-order valence-corrected chi connectivity index (χ4v) is 3.99. The van der Waals surface area contributed by atoms with Crippen LogP contribution in [0, 0.1) is 6.92 Å². The highest BCUT2D eigenvalue weighted by Crippen LogP contribution is 2.40. The highest BCUT2D eigenvalue weighted by Gasteiger charge is 2.36. The van der Waals surface area contributed by atoms with Crippen molar-refractivity contribution in [2.45, 2.75) is 19.1 Å². The molecule has 5 rings (SSSR count). The Bertz CT molecular complexity index is 1400. The third kappa shape index (κ3) is 3.00. The zero-order chi connectivity index (χ0) is 22.8. The molecule has 11 heteroatoms. The van der Waals surface area contributed by atoms with Gasteiger partial charge < -0.3 is 15.4 Å². The van der Waals surface area contributed by atoms with Gasteiger partial charge in [-0.15, -0.1) is 0 Å². The molecule has 0 aliphatic carbocycles. The van der Waals surface area contributed by atoms with Crippen molar-refractivity contribution in [3.05, 3.63) is 53.0 Å². The first-order valence-electron chi connectivity index (χ1n) is 9.66. The lowest BCUT2D eigenvalue weighted by Gasteiger charge is -2.23. The van der Waals surface area contributed by atoms with Crippen molar-refractivity contribution in [3.63, 3.8) is 0 Å². The molecule has 0 unspecified atom stereocenters. The molecule has 1 aromatic carbocycles. The number of fused-ring (bicyclic) bond motifs is 4. The summed E-state index contributed by atoms with van der Waals surface area (Å²) in [5.41, 5.74) is 7.73. The number of alkyl halides is 3. The van der Waals surface area contributed by atoms with Crippen molar-refractivity contribution in [2.75, 3.05) is 19.4 Å². The van der Waals surface area contributed by atoms with E-state index in [-0.39, 0.29) is 18.1 Å². The number of likely N-dealkylation sites (N-methyl/N-ethyl adjacent to an activating group) is 1. The average Bonchev–Trinajstić information content (AvgIpc) is 3.35. The van der Waals surface area contributed by atoms with Gasteiger partial charge in [-0.3, -0.25) is 9.89 Å². The van der Waals surface area contributed by atoms with Crippen molar-refractivity contribution in [1.29, 1.82) is 0 Å². The maximum Gasteiger partial charge on any atom is 0.416 e. The van der Waals surface area contributed by atoms with Crippen LogP contribution in [0.4, 0.5) is 19.0 Å². The van der Waals surface area contributed by atoms with Gasteiger partial charge in [-0.2, -0.15) is 18.3 Å². The Kier molecular flexibility index (Phi) is 4.26. The Morgan fingerprint density at radius 1 is 1.31 bits per heavy atom. The Morgan fingerprint density at radius 2 is 2.09 bits per heavy atom. The van der Waals surface area contributed by atoms with Crippen LogP contribution in [0.2, 0.25) is 0 Å². The van der Waals surface area contributed by atoms with E-state index in [0.717, 1.165) is 12.1 Å². The number of nitrogens with one attached hydrogen (secondary N) is 1. The molecule has 32 heavy (non-hydrogen) atoms. The predicted octanol–water partition coefficient (Wildman–Crippen LogP) is 3.62. The van der Waals surface area contributed by atoms with Crippen LogP contribution in [0.5, 0.6) is 5.75 Å². The number of ether oxygens (including phenoxy) is 1. The maximum absolute atomic E-state index is 13.2. The smallest absolute Gasteiger partial charge is 0.416 e. The number of carbonyl (C=O) groups excluding carboxylic acids is 1. The van der Waals surface area contributed by atoms with Gasteiger partial charge in [0.25, 0.3) is 5.91 Å². The molecule has 3 N–H and O–H groups in total. The van der Waals surface area contributed by atoms with E-state index in [9.17, 15) is 18.0 Å². The fraction of sp³-hybridized carbons (Fsp3) is 0.238. The minimum atomic E-state index is -4.47. The topological polar surface area (TPSA) is 110 Å². The fourth-order valence-electron chi connectivity index (χ4n) is 3.99. The number of nitrogen functional groups attached to an aromatic ring is 1. The van der Waals surface area contributed by atoms with Gasteiger partial charge in [0.1, 0.15) is 23.9 Å². The largest absolute Gasteiger partial charge is 0.491 e. The van der Waals surface area contributed by atoms with Crippen LogP contribution in [0.15, 0.2) is 30.5 Å². The minimum absolute atomic E-state index is 0.0501. The highest BCUT2D eigenvalue weighted by atomic mass is 19.4. The third-order valence-corrected chi connectivity index (χ3v) is 5.70. The summed E-state index contributed by atoms with van der Waals surface area (Å²) in [6, 6.07) is 4.34. The van der Waals surface area contributed by atoms with E-state index in [1.807, 2.05) is 0 Å². The number of rotatable bonds is 2. The lowest BCUT2D eigenvalue weighted by Crippen LogP contribution is -2.32. The Morgan fingerprint density at radius 3 is 2.84 bits per heavy atom. The summed E-state index contributed by atoms with van der Waals surface area (Å²) in [5, 5.41) is 8.40. The summed E-state index contributed by atoms with van der Waals surface area (Å²) in [5.74, 6) is 0.0226. The number of pyridine rings is 2. The van der Waals surface area contributed by atoms with Crippen molar-refractivity contribution in [3.8, 4) is 5.75 Å². The van der Waals surface area contributed by atoms with E-state index in [1.165, 1.54) is 17.2 Å². The van der Waals surface area contributed by atoms with Crippen LogP contribution < -0.4 is 10.5 Å². The van der Waals surface area contributed by atoms with Gasteiger partial charge in [-0.05, 0) is 25.1 Å². The number of aryl methyl sites for hydroxylation is 1. The zero-order valence-corrected chi connectivity index (χ0v) is 17.0. The lowest BCUT2D eigenvalue weighted by atomic mass is 10.0. The van der Waals surface area contributed by atoms with Crippen LogP contribution in [0.25, 0.3) is 21.8 Å². The molecule has 8 nitrogen and oxygen atoms in total. The molecule has 0 fully saturated rings. The molecule has 1 amide bonds. The summed E-state index contributed by atoms with van der Waals surface area (Å²) in [6.45, 7) is 1.85. The summed E-state index contributed by atoms with van der Waals surface area (Å²) < 4.78 is 44.4. The molecule has 4 heterocycles. The third-order valence-electron chi connectivity index (χ3n) is 5.70. The van der Waals surface area contributed by atoms with Crippen molar-refractivity contribution < 1.29 is 22.7 Å². The highest BCUT2D eigenvalue weighted by molar-refractivity contribution is 6.10. The average molecular weight is 442 g/mol. The van der Waals surface area contributed by atoms with Crippen molar-refractivity contribution >= 4 is 33.5 Å². The molecular formula is C21H17F3N6O2. The Hall–Kier alpha value is -3.89. The molecule has 0 saturated carbocycles. The van der Waals surface area contributed by atoms with Crippen LogP contribution in [0.3, 0.4) is 0 Å². The second-order valence-corrected chi connectivity index (χ2v) is 7.64. The van der Waals surface area contributed by atoms with E-state index >= 15 is 0 Å². The van der Waals surface area contributed by atoms with Gasteiger partial charge in [0.05, 0.1) is 39.9 Å². The second-order valence-electron chi connectivity index (χ2n) is 7.64. The molecule has 164 valence electrons. The summed E-state index contributed by atoms with van der Waals surface area (Å²) >= 11 is 0. The van der Waals surface area contributed by atoms with Crippen LogP contribution in [-0.2, 0) is 6.18 Å². The Labute approximate surface area is 179 Å². The number of amides is 1. The van der Waals surface area contributed by atoms with Gasteiger partial charge in [0, 0.05) is 18.0 Å². The number of carbonyl (C=O) groups is 1. The van der Waals surface area contributed by atoms with E-state index < -0.39 is 23.7 Å². The monoisotopic (exact) mass is 442 g/mol. The number of H-pyrrole nitrogens is 1. The predicted molar refractivity (Wildman–Crippen MR) is 110 cm³/mol. The molecule has 1 atom stereocenters. The summed E-state index contributed by atoms with van der Waals surface area (Å²) in [7, 11) is 1.56. The normalized spacial score (nSPS) is 15.7. The number of anilines is 1. The number of benzene rings is 1. The maximum atomic E-state index is 13.2. The second kappa shape index (κ2) is 6.81. The number of hydrogen-bond acceptors (Lipinski definition) is 6. The molecule has 0 saturated heterocycles. The summed E-state index contributed by atoms with van der Waals surface area (Å²) in [6.07, 6.45) is -3.02. The molecule has 1 aliphatic rings. The SMILES string of the molecule is Cc1n[nH]c2c1c(N)nc1cnc(C(=O)N(C)[C@@H]3COc4cc(C(F)(F)F)ccc43)cc12. The molecule has 3 aromatic heterocycles. The minimum Gasteiger partial charge on any atom is -0.491 e. The number of hydrogen-bond donors (Lipinski definition) is 2. The zero-order valence-electron chi connectivity index (χ0n) is 17.0. The van der Waals surface area contributed by atoms with Gasteiger partial charge >= 0.3 is 6.18 Å². The van der Waals surface area contributed by atoms with Crippen molar-refractivity contribution in [1.82, 2.24) is 25.1 Å². The molecule has 4 aromatic rings. The van der Waals surface area contributed by atoms with Crippen LogP contribution in [0.1, 0.15) is 33.4 Å². The first-order chi connectivity index (χ1) is 15.1. The van der Waals surface area contributed by atoms with E-state index in [2.05, 4.69) is 20.2 Å². The molecule has 0 radical (unpaired) electrons. The van der Waals surface area contributed by atoms with Crippen molar-refractivity contribution in [2.24, 2.45) is 0 Å². The van der Waals surface area contributed by atoms with E-state index in [0.29, 0.717) is 38.9 Å². The molecule has 1 aliphatic heterocycles. The first kappa shape index (κ1) is 20.0. The van der Waals surface area contributed by atoms with Gasteiger partial charge in [0.2, 0.25) is 0 Å². The quantitative estimate of drug-likeness (QED) is 0.491. The van der Waals surface area contributed by atoms with Crippen LogP contribution in [-0.4, -0.2) is 44.6 Å². The van der Waals surface area contributed by atoms with Gasteiger partial charge in [0.15, 0.2) is 0 Å². The number of aromatic nitrogens is 4. The number of nitrogens with zero attached hydrogens (tertiary/aromatic N) is 4. The Balaban J connectivity index is 1.50. The first-order valence-corrected chi connectivity index (χ1v) is 9.66. The van der Waals surface area contributed by atoms with Crippen LogP contribution >= 0.6 is 0 Å². The molecule has 0 spiro atoms.